The Balaban J connectivity index is 1.63. The summed E-state index contributed by atoms with van der Waals surface area (Å²) in [6.45, 7) is 9.07. The molecule has 1 amide bonds. The van der Waals surface area contributed by atoms with Gasteiger partial charge in [-0.05, 0) is 11.5 Å². The maximum absolute atomic E-state index is 13.1. The van der Waals surface area contributed by atoms with Crippen molar-refractivity contribution in [3.63, 3.8) is 0 Å². The molecule has 0 aliphatic carbocycles. The predicted molar refractivity (Wildman–Crippen MR) is 113 cm³/mol. The van der Waals surface area contributed by atoms with Crippen molar-refractivity contribution in [2.75, 3.05) is 57.4 Å². The second-order valence-electron chi connectivity index (χ2n) is 8.39. The second-order valence-corrected chi connectivity index (χ2v) is 10.7. The highest BCUT2D eigenvalue weighted by atomic mass is 32.2. The molecule has 2 aliphatic rings. The minimum absolute atomic E-state index is 0.0235. The number of hydrogen-bond acceptors (Lipinski definition) is 6. The van der Waals surface area contributed by atoms with E-state index in [-0.39, 0.29) is 23.5 Å². The van der Waals surface area contributed by atoms with Gasteiger partial charge in [0.1, 0.15) is 6.04 Å². The standard InChI is InChI=1S/C21H33N3O4S/c1-17(2)15-23-8-11-28-19(16-23)14-22-21(25)20(18-6-4-3-5-7-18)24-9-12-29(26,27)13-10-24/h3-7,17,19-20H,8-16H2,1-2H3,(H,22,25). The molecule has 0 saturated carbocycles. The third kappa shape index (κ3) is 6.50. The Hall–Kier alpha value is -1.48. The van der Waals surface area contributed by atoms with E-state index in [1.54, 1.807) is 0 Å². The summed E-state index contributed by atoms with van der Waals surface area (Å²) in [5.41, 5.74) is 0.885. The first kappa shape index (κ1) is 22.2. The fraction of sp³-hybridized carbons (Fsp3) is 0.667. The second kappa shape index (κ2) is 10.0. The number of nitrogens with one attached hydrogen (secondary N) is 1. The number of benzene rings is 1. The molecule has 0 bridgehead atoms. The van der Waals surface area contributed by atoms with Crippen molar-refractivity contribution in [3.05, 3.63) is 35.9 Å². The van der Waals surface area contributed by atoms with E-state index in [4.69, 9.17) is 4.74 Å². The lowest BCUT2D eigenvalue weighted by Crippen LogP contribution is -2.51. The minimum Gasteiger partial charge on any atom is -0.374 e. The van der Waals surface area contributed by atoms with E-state index < -0.39 is 15.9 Å². The van der Waals surface area contributed by atoms with Gasteiger partial charge in [-0.25, -0.2) is 8.42 Å². The van der Waals surface area contributed by atoms with Crippen molar-refractivity contribution in [2.24, 2.45) is 5.92 Å². The maximum atomic E-state index is 13.1. The van der Waals surface area contributed by atoms with Gasteiger partial charge in [0.2, 0.25) is 5.91 Å². The molecule has 0 spiro atoms. The van der Waals surface area contributed by atoms with Crippen LogP contribution in [-0.2, 0) is 19.4 Å². The highest BCUT2D eigenvalue weighted by Gasteiger charge is 2.33. The first-order valence-corrected chi connectivity index (χ1v) is 12.3. The van der Waals surface area contributed by atoms with E-state index in [1.165, 1.54) is 0 Å². The molecule has 2 aliphatic heterocycles. The van der Waals surface area contributed by atoms with Gasteiger partial charge in [0.15, 0.2) is 9.84 Å². The molecule has 162 valence electrons. The van der Waals surface area contributed by atoms with Crippen LogP contribution in [0.2, 0.25) is 0 Å². The van der Waals surface area contributed by atoms with Crippen LogP contribution in [0.25, 0.3) is 0 Å². The van der Waals surface area contributed by atoms with Crippen LogP contribution < -0.4 is 5.32 Å². The average molecular weight is 424 g/mol. The fourth-order valence-corrected chi connectivity index (χ4v) is 5.27. The van der Waals surface area contributed by atoms with E-state index in [2.05, 4.69) is 24.1 Å². The zero-order valence-corrected chi connectivity index (χ0v) is 18.2. The van der Waals surface area contributed by atoms with Crippen LogP contribution in [0.15, 0.2) is 30.3 Å². The lowest BCUT2D eigenvalue weighted by Gasteiger charge is -2.36. The van der Waals surface area contributed by atoms with E-state index in [0.29, 0.717) is 32.2 Å². The maximum Gasteiger partial charge on any atom is 0.242 e. The van der Waals surface area contributed by atoms with Gasteiger partial charge in [-0.1, -0.05) is 44.2 Å². The van der Waals surface area contributed by atoms with Crippen LogP contribution in [-0.4, -0.2) is 87.6 Å². The van der Waals surface area contributed by atoms with Gasteiger partial charge in [-0.2, -0.15) is 0 Å². The Morgan fingerprint density at radius 3 is 2.52 bits per heavy atom. The molecule has 2 atom stereocenters. The third-order valence-electron chi connectivity index (χ3n) is 5.46. The van der Waals surface area contributed by atoms with Crippen molar-refractivity contribution in [1.82, 2.24) is 15.1 Å². The highest BCUT2D eigenvalue weighted by Crippen LogP contribution is 2.23. The molecule has 1 N–H and O–H groups in total. The summed E-state index contributed by atoms with van der Waals surface area (Å²) in [5.74, 6) is 0.695. The number of morpholine rings is 1. The molecule has 0 aromatic heterocycles. The monoisotopic (exact) mass is 423 g/mol. The summed E-state index contributed by atoms with van der Waals surface area (Å²) in [6.07, 6.45) is -0.0235. The normalized spacial score (nSPS) is 24.3. The number of hydrogen-bond donors (Lipinski definition) is 1. The molecule has 29 heavy (non-hydrogen) atoms. The van der Waals surface area contributed by atoms with Crippen molar-refractivity contribution in [2.45, 2.75) is 26.0 Å². The summed E-state index contributed by atoms with van der Waals surface area (Å²) in [5, 5.41) is 3.06. The summed E-state index contributed by atoms with van der Waals surface area (Å²) in [7, 11) is -3.00. The molecule has 1 aromatic carbocycles. The molecule has 1 aromatic rings. The minimum atomic E-state index is -3.00. The molecule has 3 rings (SSSR count). The number of carbonyl (C=O) groups is 1. The number of amides is 1. The highest BCUT2D eigenvalue weighted by molar-refractivity contribution is 7.91. The first-order valence-electron chi connectivity index (χ1n) is 10.4. The average Bonchev–Trinajstić information content (AvgIpc) is 2.68. The summed E-state index contributed by atoms with van der Waals surface area (Å²) >= 11 is 0. The predicted octanol–water partition coefficient (Wildman–Crippen LogP) is 0.931. The van der Waals surface area contributed by atoms with Crippen LogP contribution >= 0.6 is 0 Å². The van der Waals surface area contributed by atoms with Gasteiger partial charge >= 0.3 is 0 Å². The Labute approximate surface area is 174 Å². The molecule has 0 radical (unpaired) electrons. The smallest absolute Gasteiger partial charge is 0.242 e. The third-order valence-corrected chi connectivity index (χ3v) is 7.07. The first-order chi connectivity index (χ1) is 13.8. The van der Waals surface area contributed by atoms with Crippen molar-refractivity contribution < 1.29 is 17.9 Å². The number of ether oxygens (including phenoxy) is 1. The molecule has 2 heterocycles. The molecular formula is C21H33N3O4S. The van der Waals surface area contributed by atoms with Crippen LogP contribution in [0.1, 0.15) is 25.5 Å². The van der Waals surface area contributed by atoms with Gasteiger partial charge in [-0.3, -0.25) is 14.6 Å². The van der Waals surface area contributed by atoms with Crippen molar-refractivity contribution in [3.8, 4) is 0 Å². The van der Waals surface area contributed by atoms with Crippen LogP contribution in [0, 0.1) is 5.92 Å². The summed E-state index contributed by atoms with van der Waals surface area (Å²) < 4.78 is 29.5. The fourth-order valence-electron chi connectivity index (χ4n) is 4.05. The number of rotatable bonds is 7. The Morgan fingerprint density at radius 1 is 1.17 bits per heavy atom. The van der Waals surface area contributed by atoms with E-state index in [1.807, 2.05) is 35.2 Å². The van der Waals surface area contributed by atoms with E-state index in [9.17, 15) is 13.2 Å². The molecule has 8 heteroatoms. The number of nitrogens with zero attached hydrogens (tertiary/aromatic N) is 2. The van der Waals surface area contributed by atoms with E-state index in [0.717, 1.165) is 25.2 Å². The molecule has 2 unspecified atom stereocenters. The summed E-state index contributed by atoms with van der Waals surface area (Å²) in [4.78, 5) is 17.5. The van der Waals surface area contributed by atoms with Gasteiger partial charge < -0.3 is 10.1 Å². The van der Waals surface area contributed by atoms with Crippen LogP contribution in [0.3, 0.4) is 0 Å². The zero-order valence-electron chi connectivity index (χ0n) is 17.4. The number of sulfone groups is 1. The van der Waals surface area contributed by atoms with Crippen molar-refractivity contribution in [1.29, 1.82) is 0 Å². The van der Waals surface area contributed by atoms with Crippen molar-refractivity contribution >= 4 is 15.7 Å². The van der Waals surface area contributed by atoms with Gasteiger partial charge in [-0.15, -0.1) is 0 Å². The van der Waals surface area contributed by atoms with Crippen LogP contribution in [0.4, 0.5) is 0 Å². The molecule has 2 fully saturated rings. The topological polar surface area (TPSA) is 79.0 Å². The Morgan fingerprint density at radius 2 is 1.86 bits per heavy atom. The van der Waals surface area contributed by atoms with Gasteiger partial charge in [0.25, 0.3) is 0 Å². The summed E-state index contributed by atoms with van der Waals surface area (Å²) in [6, 6.07) is 9.10. The molecular weight excluding hydrogens is 390 g/mol. The SMILES string of the molecule is CC(C)CN1CCOC(CNC(=O)C(c2ccccc2)N2CCS(=O)(=O)CC2)C1. The van der Waals surface area contributed by atoms with Gasteiger partial charge in [0.05, 0.1) is 24.2 Å². The molecule has 2 saturated heterocycles. The molecule has 7 nitrogen and oxygen atoms in total. The number of carbonyl (C=O) groups excluding carboxylic acids is 1. The van der Waals surface area contributed by atoms with Gasteiger partial charge in [0, 0.05) is 39.3 Å². The van der Waals surface area contributed by atoms with E-state index >= 15 is 0 Å². The Kier molecular flexibility index (Phi) is 7.67. The quantitative estimate of drug-likeness (QED) is 0.703. The largest absolute Gasteiger partial charge is 0.374 e. The lowest BCUT2D eigenvalue weighted by atomic mass is 10.0. The Bertz CT molecular complexity index is 755. The lowest BCUT2D eigenvalue weighted by molar-refractivity contribution is -0.128. The zero-order chi connectivity index (χ0) is 20.9. The van der Waals surface area contributed by atoms with Crippen LogP contribution in [0.5, 0.6) is 0 Å².